The summed E-state index contributed by atoms with van der Waals surface area (Å²) in [5, 5.41) is 9.58. The lowest BCUT2D eigenvalue weighted by Gasteiger charge is -2.28. The first-order valence-electron chi connectivity index (χ1n) is 6.61. The number of nitrogens with zero attached hydrogens (tertiary/aromatic N) is 1. The van der Waals surface area contributed by atoms with E-state index in [0.717, 1.165) is 23.6 Å². The van der Waals surface area contributed by atoms with E-state index >= 15 is 0 Å². The average molecular weight is 267 g/mol. The molecular formula is C15H25NO3. The minimum absolute atomic E-state index is 0.348. The van der Waals surface area contributed by atoms with Crippen molar-refractivity contribution in [2.75, 3.05) is 20.8 Å². The van der Waals surface area contributed by atoms with Crippen LogP contribution >= 0.6 is 0 Å². The van der Waals surface area contributed by atoms with E-state index < -0.39 is 0 Å². The van der Waals surface area contributed by atoms with Crippen molar-refractivity contribution < 1.29 is 14.6 Å². The minimum Gasteiger partial charge on any atom is -0.493 e. The fourth-order valence-corrected chi connectivity index (χ4v) is 2.09. The van der Waals surface area contributed by atoms with Crippen LogP contribution in [0.3, 0.4) is 0 Å². The van der Waals surface area contributed by atoms with Gasteiger partial charge in [-0.2, -0.15) is 0 Å². The van der Waals surface area contributed by atoms with Crippen LogP contribution in [0.1, 0.15) is 26.3 Å². The first-order valence-corrected chi connectivity index (χ1v) is 6.61. The zero-order valence-corrected chi connectivity index (χ0v) is 12.5. The van der Waals surface area contributed by atoms with Crippen LogP contribution in [-0.4, -0.2) is 42.9 Å². The predicted octanol–water partition coefficient (Wildman–Crippen LogP) is 2.29. The van der Waals surface area contributed by atoms with Crippen LogP contribution in [0, 0.1) is 0 Å². The molecule has 1 atom stereocenters. The van der Waals surface area contributed by atoms with Gasteiger partial charge in [-0.05, 0) is 26.8 Å². The molecule has 0 amide bonds. The molecule has 0 saturated carbocycles. The molecule has 19 heavy (non-hydrogen) atoms. The van der Waals surface area contributed by atoms with E-state index in [1.807, 2.05) is 18.2 Å². The van der Waals surface area contributed by atoms with Gasteiger partial charge in [0, 0.05) is 24.7 Å². The van der Waals surface area contributed by atoms with Gasteiger partial charge in [0.05, 0.1) is 20.3 Å². The number of hydrogen-bond donors (Lipinski definition) is 1. The summed E-state index contributed by atoms with van der Waals surface area (Å²) >= 11 is 0. The molecule has 0 aliphatic heterocycles. The maximum atomic E-state index is 9.58. The topological polar surface area (TPSA) is 41.9 Å². The number of para-hydroxylation sites is 1. The van der Waals surface area contributed by atoms with E-state index in [9.17, 15) is 5.11 Å². The third kappa shape index (κ3) is 4.40. The Morgan fingerprint density at radius 3 is 2.32 bits per heavy atom. The molecule has 0 spiro atoms. The van der Waals surface area contributed by atoms with E-state index in [0.29, 0.717) is 12.6 Å². The maximum absolute atomic E-state index is 9.58. The minimum atomic E-state index is -0.348. The van der Waals surface area contributed by atoms with Gasteiger partial charge in [-0.3, -0.25) is 4.90 Å². The molecule has 0 aliphatic rings. The highest BCUT2D eigenvalue weighted by Gasteiger charge is 2.16. The largest absolute Gasteiger partial charge is 0.493 e. The van der Waals surface area contributed by atoms with E-state index in [1.165, 1.54) is 0 Å². The van der Waals surface area contributed by atoms with Crippen LogP contribution in [0.25, 0.3) is 0 Å². The average Bonchev–Trinajstić information content (AvgIpc) is 2.36. The quantitative estimate of drug-likeness (QED) is 0.823. The SMILES string of the molecule is COc1cccc(CN(CC(C)O)C(C)C)c1OC. The number of benzene rings is 1. The van der Waals surface area contributed by atoms with Gasteiger partial charge in [0.1, 0.15) is 0 Å². The highest BCUT2D eigenvalue weighted by atomic mass is 16.5. The van der Waals surface area contributed by atoms with Gasteiger partial charge in [-0.25, -0.2) is 0 Å². The number of rotatable bonds is 7. The molecule has 1 N–H and O–H groups in total. The summed E-state index contributed by atoms with van der Waals surface area (Å²) in [4.78, 5) is 2.21. The standard InChI is InChI=1S/C15H25NO3/c1-11(2)16(9-12(3)17)10-13-7-6-8-14(18-4)15(13)19-5/h6-8,11-12,17H,9-10H2,1-5H3. The van der Waals surface area contributed by atoms with Crippen LogP contribution in [0.2, 0.25) is 0 Å². The maximum Gasteiger partial charge on any atom is 0.165 e. The van der Waals surface area contributed by atoms with Crippen molar-refractivity contribution in [3.8, 4) is 11.5 Å². The molecule has 1 rings (SSSR count). The van der Waals surface area contributed by atoms with Crippen molar-refractivity contribution in [1.29, 1.82) is 0 Å². The lowest BCUT2D eigenvalue weighted by atomic mass is 10.1. The van der Waals surface area contributed by atoms with Crippen molar-refractivity contribution in [2.24, 2.45) is 0 Å². The third-order valence-corrected chi connectivity index (χ3v) is 3.09. The lowest BCUT2D eigenvalue weighted by Crippen LogP contribution is -2.36. The van der Waals surface area contributed by atoms with Crippen molar-refractivity contribution in [3.63, 3.8) is 0 Å². The number of aliphatic hydroxyl groups excluding tert-OH is 1. The second kappa shape index (κ2) is 7.36. The highest BCUT2D eigenvalue weighted by molar-refractivity contribution is 5.46. The molecule has 0 bridgehead atoms. The van der Waals surface area contributed by atoms with Crippen molar-refractivity contribution in [3.05, 3.63) is 23.8 Å². The zero-order chi connectivity index (χ0) is 14.4. The highest BCUT2D eigenvalue weighted by Crippen LogP contribution is 2.31. The van der Waals surface area contributed by atoms with Crippen LogP contribution in [0.5, 0.6) is 11.5 Å². The summed E-state index contributed by atoms with van der Waals surface area (Å²) in [6.07, 6.45) is -0.348. The second-order valence-corrected chi connectivity index (χ2v) is 5.02. The molecule has 1 aromatic carbocycles. The van der Waals surface area contributed by atoms with Gasteiger partial charge in [0.15, 0.2) is 11.5 Å². The summed E-state index contributed by atoms with van der Waals surface area (Å²) in [5.41, 5.74) is 1.07. The Morgan fingerprint density at radius 2 is 1.84 bits per heavy atom. The van der Waals surface area contributed by atoms with E-state index in [1.54, 1.807) is 21.1 Å². The summed E-state index contributed by atoms with van der Waals surface area (Å²) in [7, 11) is 3.29. The Kier molecular flexibility index (Phi) is 6.12. The van der Waals surface area contributed by atoms with Crippen LogP contribution < -0.4 is 9.47 Å². The van der Waals surface area contributed by atoms with Crippen LogP contribution in [-0.2, 0) is 6.54 Å². The molecular weight excluding hydrogens is 242 g/mol. The number of aliphatic hydroxyl groups is 1. The van der Waals surface area contributed by atoms with Crippen molar-refractivity contribution in [1.82, 2.24) is 4.90 Å². The normalized spacial score (nSPS) is 12.8. The molecule has 0 saturated heterocycles. The molecule has 0 fully saturated rings. The van der Waals surface area contributed by atoms with Gasteiger partial charge in [0.2, 0.25) is 0 Å². The monoisotopic (exact) mass is 267 g/mol. The van der Waals surface area contributed by atoms with Gasteiger partial charge in [-0.15, -0.1) is 0 Å². The molecule has 1 aromatic rings. The summed E-state index contributed by atoms with van der Waals surface area (Å²) in [6.45, 7) is 7.41. The fourth-order valence-electron chi connectivity index (χ4n) is 2.09. The van der Waals surface area contributed by atoms with Crippen LogP contribution in [0.15, 0.2) is 18.2 Å². The molecule has 4 nitrogen and oxygen atoms in total. The van der Waals surface area contributed by atoms with E-state index in [4.69, 9.17) is 9.47 Å². The first-order chi connectivity index (χ1) is 8.99. The smallest absolute Gasteiger partial charge is 0.165 e. The number of hydrogen-bond acceptors (Lipinski definition) is 4. The Hall–Kier alpha value is -1.26. The fraction of sp³-hybridized carbons (Fsp3) is 0.600. The first kappa shape index (κ1) is 15.8. The number of ether oxygens (including phenoxy) is 2. The van der Waals surface area contributed by atoms with E-state index in [2.05, 4.69) is 18.7 Å². The Morgan fingerprint density at radius 1 is 1.16 bits per heavy atom. The van der Waals surface area contributed by atoms with E-state index in [-0.39, 0.29) is 6.10 Å². The van der Waals surface area contributed by atoms with Gasteiger partial charge in [0.25, 0.3) is 0 Å². The lowest BCUT2D eigenvalue weighted by molar-refractivity contribution is 0.102. The third-order valence-electron chi connectivity index (χ3n) is 3.09. The molecule has 0 aromatic heterocycles. The molecule has 1 unspecified atom stereocenters. The Balaban J connectivity index is 2.95. The van der Waals surface area contributed by atoms with Crippen LogP contribution in [0.4, 0.5) is 0 Å². The van der Waals surface area contributed by atoms with Gasteiger partial charge in [-0.1, -0.05) is 12.1 Å². The molecule has 108 valence electrons. The Labute approximate surface area is 115 Å². The summed E-state index contributed by atoms with van der Waals surface area (Å²) in [6, 6.07) is 6.22. The molecule has 0 aliphatic carbocycles. The molecule has 4 heteroatoms. The number of methoxy groups -OCH3 is 2. The van der Waals surface area contributed by atoms with Crippen molar-refractivity contribution in [2.45, 2.75) is 39.5 Å². The zero-order valence-electron chi connectivity index (χ0n) is 12.5. The van der Waals surface area contributed by atoms with Crippen molar-refractivity contribution >= 4 is 0 Å². The Bertz CT molecular complexity index is 391. The summed E-state index contributed by atoms with van der Waals surface area (Å²) in [5.74, 6) is 1.50. The molecule has 0 heterocycles. The van der Waals surface area contributed by atoms with Gasteiger partial charge < -0.3 is 14.6 Å². The predicted molar refractivity (Wildman–Crippen MR) is 76.8 cm³/mol. The molecule has 0 radical (unpaired) electrons. The summed E-state index contributed by atoms with van der Waals surface area (Å²) < 4.78 is 10.7. The second-order valence-electron chi connectivity index (χ2n) is 5.02. The van der Waals surface area contributed by atoms with Gasteiger partial charge >= 0.3 is 0 Å².